The molecule has 0 saturated carbocycles. The second-order valence-electron chi connectivity index (χ2n) is 2.50. The lowest BCUT2D eigenvalue weighted by Gasteiger charge is -2.11. The molecule has 1 aromatic rings. The molecule has 1 aliphatic heterocycles. The van der Waals surface area contributed by atoms with Crippen LogP contribution in [-0.2, 0) is 0 Å². The van der Waals surface area contributed by atoms with Crippen LogP contribution in [0, 0.1) is 0 Å². The molecule has 0 saturated heterocycles. The summed E-state index contributed by atoms with van der Waals surface area (Å²) in [7, 11) is 3.47. The van der Waals surface area contributed by atoms with Gasteiger partial charge in [-0.1, -0.05) is 0 Å². The number of hydrogen-bond acceptors (Lipinski definition) is 6. The number of aliphatic imine (C=N–C) groups is 1. The first-order valence-corrected chi connectivity index (χ1v) is 4.56. The number of hydrogen-bond donors (Lipinski definition) is 0. The van der Waals surface area contributed by atoms with Gasteiger partial charge in [-0.15, -0.1) is 0 Å². The third-order valence-electron chi connectivity index (χ3n) is 1.68. The predicted octanol–water partition coefficient (Wildman–Crippen LogP) is 1.30. The fraction of sp³-hybridized carbons (Fsp3) is 0.429. The highest BCUT2D eigenvalue weighted by Crippen LogP contribution is 2.31. The van der Waals surface area contributed by atoms with Crippen LogP contribution in [0.5, 0.6) is 5.95 Å². The Morgan fingerprint density at radius 1 is 1.69 bits per heavy atom. The van der Waals surface area contributed by atoms with Crippen LogP contribution < -0.4 is 4.74 Å². The zero-order valence-corrected chi connectivity index (χ0v) is 8.11. The quantitative estimate of drug-likeness (QED) is 0.672. The minimum Gasteiger partial charge on any atom is -0.467 e. The molecule has 70 valence electrons. The molecule has 2 heterocycles. The van der Waals surface area contributed by atoms with Crippen molar-refractivity contribution in [1.82, 2.24) is 9.29 Å². The Bertz CT molecular complexity index is 325. The maximum Gasteiger partial charge on any atom is 0.305 e. The molecule has 0 aromatic carbocycles. The Kier molecular flexibility index (Phi) is 2.24. The van der Waals surface area contributed by atoms with Gasteiger partial charge in [-0.05, 0) is 11.9 Å². The molecule has 0 spiro atoms. The first kappa shape index (κ1) is 8.58. The number of ether oxygens (including phenoxy) is 1. The molecule has 0 amide bonds. The van der Waals surface area contributed by atoms with E-state index in [1.165, 1.54) is 11.9 Å². The molecule has 0 fully saturated rings. The van der Waals surface area contributed by atoms with Crippen LogP contribution in [0.2, 0.25) is 0 Å². The Labute approximate surface area is 79.9 Å². The smallest absolute Gasteiger partial charge is 0.305 e. The molecule has 1 atom stereocenters. The van der Waals surface area contributed by atoms with Gasteiger partial charge in [-0.25, -0.2) is 9.29 Å². The zero-order chi connectivity index (χ0) is 9.26. The summed E-state index contributed by atoms with van der Waals surface area (Å²) in [5, 5.41) is 0. The van der Waals surface area contributed by atoms with Crippen molar-refractivity contribution in [3.05, 3.63) is 12.1 Å². The Balaban J connectivity index is 2.20. The van der Waals surface area contributed by atoms with Gasteiger partial charge in [0.05, 0.1) is 12.7 Å². The third kappa shape index (κ3) is 1.54. The van der Waals surface area contributed by atoms with Crippen molar-refractivity contribution in [2.24, 2.45) is 4.99 Å². The average Bonchev–Trinajstić information content (AvgIpc) is 2.71. The summed E-state index contributed by atoms with van der Waals surface area (Å²) < 4.78 is 12.1. The van der Waals surface area contributed by atoms with Crippen LogP contribution in [0.1, 0.15) is 12.1 Å². The van der Waals surface area contributed by atoms with E-state index in [1.807, 2.05) is 11.4 Å². The van der Waals surface area contributed by atoms with Crippen LogP contribution in [0.3, 0.4) is 0 Å². The van der Waals surface area contributed by atoms with Gasteiger partial charge in [-0.3, -0.25) is 4.99 Å². The second kappa shape index (κ2) is 3.39. The van der Waals surface area contributed by atoms with E-state index < -0.39 is 0 Å². The summed E-state index contributed by atoms with van der Waals surface area (Å²) >= 11 is 1.52. The number of methoxy groups -OCH3 is 1. The van der Waals surface area contributed by atoms with Crippen LogP contribution in [0.15, 0.2) is 15.6 Å². The summed E-state index contributed by atoms with van der Waals surface area (Å²) in [6.45, 7) is 0. The number of aromatic nitrogens is 1. The average molecular weight is 199 g/mol. The van der Waals surface area contributed by atoms with E-state index in [2.05, 4.69) is 9.98 Å². The van der Waals surface area contributed by atoms with Gasteiger partial charge >= 0.3 is 5.95 Å². The van der Waals surface area contributed by atoms with Crippen molar-refractivity contribution in [1.29, 1.82) is 0 Å². The van der Waals surface area contributed by atoms with E-state index in [9.17, 15) is 0 Å². The fourth-order valence-corrected chi connectivity index (χ4v) is 1.59. The maximum atomic E-state index is 5.29. The van der Waals surface area contributed by atoms with Gasteiger partial charge in [0.25, 0.3) is 0 Å². The highest BCUT2D eigenvalue weighted by atomic mass is 32.2. The molecule has 0 N–H and O–H groups in total. The van der Waals surface area contributed by atoms with Gasteiger partial charge in [0.15, 0.2) is 6.17 Å². The number of oxazole rings is 1. The molecule has 1 unspecified atom stereocenters. The first-order chi connectivity index (χ1) is 6.31. The molecule has 0 aliphatic carbocycles. The van der Waals surface area contributed by atoms with E-state index in [-0.39, 0.29) is 6.17 Å². The molecule has 1 aromatic heterocycles. The van der Waals surface area contributed by atoms with Crippen molar-refractivity contribution in [3.63, 3.8) is 0 Å². The van der Waals surface area contributed by atoms with E-state index >= 15 is 0 Å². The molecule has 0 radical (unpaired) electrons. The highest BCUT2D eigenvalue weighted by Gasteiger charge is 2.24. The SMILES string of the molecule is COc1cnc(C2N=CSN2C)o1. The van der Waals surface area contributed by atoms with Crippen molar-refractivity contribution < 1.29 is 9.15 Å². The Morgan fingerprint density at radius 3 is 3.08 bits per heavy atom. The standard InChI is InChI=1S/C7H9N3O2S/c1-10-6(9-4-13-10)7-8-3-5(11-2)12-7/h3-4,6H,1-2H3. The van der Waals surface area contributed by atoms with Crippen molar-refractivity contribution in [2.45, 2.75) is 6.17 Å². The van der Waals surface area contributed by atoms with Crippen LogP contribution in [0.4, 0.5) is 0 Å². The maximum absolute atomic E-state index is 5.29. The number of nitrogens with zero attached hydrogens (tertiary/aromatic N) is 3. The van der Waals surface area contributed by atoms with Gasteiger partial charge in [0.2, 0.25) is 5.89 Å². The lowest BCUT2D eigenvalue weighted by molar-refractivity contribution is 0.268. The summed E-state index contributed by atoms with van der Waals surface area (Å²) in [5.74, 6) is 0.969. The van der Waals surface area contributed by atoms with E-state index in [4.69, 9.17) is 9.15 Å². The molecular weight excluding hydrogens is 190 g/mol. The van der Waals surface area contributed by atoms with E-state index in [0.717, 1.165) is 0 Å². The molecule has 5 nitrogen and oxygen atoms in total. The highest BCUT2D eigenvalue weighted by molar-refractivity contribution is 8.10. The lowest BCUT2D eigenvalue weighted by atomic mass is 10.5. The fourth-order valence-electron chi connectivity index (χ4n) is 1.02. The first-order valence-electron chi connectivity index (χ1n) is 3.72. The van der Waals surface area contributed by atoms with Crippen molar-refractivity contribution >= 4 is 17.5 Å². The Hall–Kier alpha value is -1.01. The van der Waals surface area contributed by atoms with Crippen LogP contribution in [-0.4, -0.2) is 29.0 Å². The normalized spacial score (nSPS) is 22.5. The largest absolute Gasteiger partial charge is 0.467 e. The van der Waals surface area contributed by atoms with Crippen molar-refractivity contribution in [2.75, 3.05) is 14.2 Å². The Morgan fingerprint density at radius 2 is 2.54 bits per heavy atom. The van der Waals surface area contributed by atoms with E-state index in [1.54, 1.807) is 18.9 Å². The summed E-state index contributed by atoms with van der Waals surface area (Å²) in [6.07, 6.45) is 1.41. The molecule has 2 rings (SSSR count). The summed E-state index contributed by atoms with van der Waals surface area (Å²) in [5.41, 5.74) is 1.77. The minimum absolute atomic E-state index is 0.131. The molecule has 1 aliphatic rings. The summed E-state index contributed by atoms with van der Waals surface area (Å²) in [6, 6.07) is 0. The van der Waals surface area contributed by atoms with Gasteiger partial charge in [0.1, 0.15) is 6.20 Å². The third-order valence-corrected chi connectivity index (χ3v) is 2.43. The van der Waals surface area contributed by atoms with Gasteiger partial charge < -0.3 is 9.15 Å². The molecule has 6 heteroatoms. The minimum atomic E-state index is -0.131. The lowest BCUT2D eigenvalue weighted by Crippen LogP contribution is -2.11. The van der Waals surface area contributed by atoms with Gasteiger partial charge in [-0.2, -0.15) is 0 Å². The second-order valence-corrected chi connectivity index (χ2v) is 3.50. The monoisotopic (exact) mass is 199 g/mol. The summed E-state index contributed by atoms with van der Waals surface area (Å²) in [4.78, 5) is 8.25. The van der Waals surface area contributed by atoms with E-state index in [0.29, 0.717) is 11.8 Å². The topological polar surface area (TPSA) is 50.9 Å². The molecule has 0 bridgehead atoms. The molecule has 13 heavy (non-hydrogen) atoms. The van der Waals surface area contributed by atoms with Crippen LogP contribution in [0.25, 0.3) is 0 Å². The number of rotatable bonds is 2. The molecular formula is C7H9N3O2S. The van der Waals surface area contributed by atoms with Crippen molar-refractivity contribution in [3.8, 4) is 5.95 Å². The predicted molar refractivity (Wildman–Crippen MR) is 49.6 cm³/mol. The zero-order valence-electron chi connectivity index (χ0n) is 7.30. The van der Waals surface area contributed by atoms with Crippen LogP contribution >= 0.6 is 11.9 Å². The van der Waals surface area contributed by atoms with Gasteiger partial charge in [0, 0.05) is 7.05 Å².